The highest BCUT2D eigenvalue weighted by molar-refractivity contribution is 5.86. The van der Waals surface area contributed by atoms with Crippen LogP contribution in [0, 0.1) is 11.3 Å². The molecule has 1 N–H and O–H groups in total. The van der Waals surface area contributed by atoms with Gasteiger partial charge in [0.1, 0.15) is 11.2 Å². The van der Waals surface area contributed by atoms with Gasteiger partial charge in [-0.05, 0) is 25.3 Å². The lowest BCUT2D eigenvalue weighted by molar-refractivity contribution is -0.214. The SMILES string of the molecule is CC(C)CCCC(=O)C1(C(F)(F)F)CCNC1. The Morgan fingerprint density at radius 1 is 1.41 bits per heavy atom. The molecule has 5 heteroatoms. The fourth-order valence-corrected chi connectivity index (χ4v) is 2.24. The van der Waals surface area contributed by atoms with Gasteiger partial charge in [0.05, 0.1) is 0 Å². The van der Waals surface area contributed by atoms with Crippen molar-refractivity contribution in [3.63, 3.8) is 0 Å². The number of Topliss-reactive ketones (excluding diaryl/α,β-unsaturated/α-hetero) is 1. The molecule has 1 fully saturated rings. The van der Waals surface area contributed by atoms with Crippen molar-refractivity contribution < 1.29 is 18.0 Å². The normalized spacial score (nSPS) is 25.5. The van der Waals surface area contributed by atoms with E-state index >= 15 is 0 Å². The van der Waals surface area contributed by atoms with E-state index in [1.165, 1.54) is 0 Å². The Labute approximate surface area is 100.0 Å². The molecule has 0 aromatic heterocycles. The molecule has 1 rings (SSSR count). The number of carbonyl (C=O) groups is 1. The molecular formula is C12H20F3NO. The van der Waals surface area contributed by atoms with Gasteiger partial charge in [-0.3, -0.25) is 4.79 Å². The first kappa shape index (κ1) is 14.5. The Kier molecular flexibility index (Phi) is 4.58. The Bertz CT molecular complexity index is 267. The van der Waals surface area contributed by atoms with E-state index in [4.69, 9.17) is 0 Å². The zero-order valence-electron chi connectivity index (χ0n) is 10.4. The van der Waals surface area contributed by atoms with E-state index in [-0.39, 0.29) is 25.9 Å². The summed E-state index contributed by atoms with van der Waals surface area (Å²) in [5.41, 5.74) is -2.12. The molecule has 0 bridgehead atoms. The van der Waals surface area contributed by atoms with Gasteiger partial charge in [-0.2, -0.15) is 13.2 Å². The predicted octanol–water partition coefficient (Wildman–Crippen LogP) is 2.92. The third-order valence-corrected chi connectivity index (χ3v) is 3.42. The molecule has 0 saturated carbocycles. The summed E-state index contributed by atoms with van der Waals surface area (Å²) in [6.07, 6.45) is -3.15. The van der Waals surface area contributed by atoms with Crippen LogP contribution in [0.1, 0.15) is 39.5 Å². The van der Waals surface area contributed by atoms with Gasteiger partial charge in [-0.15, -0.1) is 0 Å². The Morgan fingerprint density at radius 2 is 2.06 bits per heavy atom. The van der Waals surface area contributed by atoms with Gasteiger partial charge in [0.2, 0.25) is 0 Å². The predicted molar refractivity (Wildman–Crippen MR) is 59.7 cm³/mol. The second kappa shape index (κ2) is 5.38. The molecule has 0 spiro atoms. The minimum atomic E-state index is -4.43. The minimum Gasteiger partial charge on any atom is -0.315 e. The fraction of sp³-hybridized carbons (Fsp3) is 0.917. The van der Waals surface area contributed by atoms with E-state index in [9.17, 15) is 18.0 Å². The highest BCUT2D eigenvalue weighted by atomic mass is 19.4. The quantitative estimate of drug-likeness (QED) is 0.814. The molecule has 0 aliphatic carbocycles. The lowest BCUT2D eigenvalue weighted by Gasteiger charge is -2.29. The Hall–Kier alpha value is -0.580. The van der Waals surface area contributed by atoms with Crippen LogP contribution in [-0.4, -0.2) is 25.0 Å². The molecule has 1 atom stereocenters. The first-order chi connectivity index (χ1) is 7.79. The molecule has 1 aliphatic rings. The lowest BCUT2D eigenvalue weighted by Crippen LogP contribution is -2.46. The first-order valence-electron chi connectivity index (χ1n) is 6.10. The summed E-state index contributed by atoms with van der Waals surface area (Å²) < 4.78 is 39.0. The van der Waals surface area contributed by atoms with Gasteiger partial charge in [-0.25, -0.2) is 0 Å². The second-order valence-corrected chi connectivity index (χ2v) is 5.22. The number of rotatable bonds is 5. The van der Waals surface area contributed by atoms with E-state index < -0.39 is 17.4 Å². The molecular weight excluding hydrogens is 231 g/mol. The molecule has 0 amide bonds. The van der Waals surface area contributed by atoms with Crippen molar-refractivity contribution in [2.75, 3.05) is 13.1 Å². The summed E-state index contributed by atoms with van der Waals surface area (Å²) in [7, 11) is 0. The topological polar surface area (TPSA) is 29.1 Å². The number of alkyl halides is 3. The van der Waals surface area contributed by atoms with E-state index in [1.54, 1.807) is 0 Å². The van der Waals surface area contributed by atoms with Crippen LogP contribution in [0.25, 0.3) is 0 Å². The monoisotopic (exact) mass is 251 g/mol. The van der Waals surface area contributed by atoms with Crippen molar-refractivity contribution in [1.82, 2.24) is 5.32 Å². The van der Waals surface area contributed by atoms with Crippen LogP contribution in [0.3, 0.4) is 0 Å². The third-order valence-electron chi connectivity index (χ3n) is 3.42. The Morgan fingerprint density at radius 3 is 2.47 bits per heavy atom. The van der Waals surface area contributed by atoms with Crippen molar-refractivity contribution in [3.8, 4) is 0 Å². The number of halogens is 3. The lowest BCUT2D eigenvalue weighted by atomic mass is 9.79. The van der Waals surface area contributed by atoms with Crippen LogP contribution >= 0.6 is 0 Å². The van der Waals surface area contributed by atoms with Gasteiger partial charge >= 0.3 is 6.18 Å². The average Bonchev–Trinajstić information content (AvgIpc) is 2.65. The summed E-state index contributed by atoms with van der Waals surface area (Å²) in [6, 6.07) is 0. The first-order valence-corrected chi connectivity index (χ1v) is 6.10. The molecule has 1 unspecified atom stereocenters. The molecule has 17 heavy (non-hydrogen) atoms. The zero-order chi connectivity index (χ0) is 13.1. The van der Waals surface area contributed by atoms with Crippen molar-refractivity contribution >= 4 is 5.78 Å². The van der Waals surface area contributed by atoms with Crippen LogP contribution in [0.2, 0.25) is 0 Å². The smallest absolute Gasteiger partial charge is 0.315 e. The highest BCUT2D eigenvalue weighted by Gasteiger charge is 2.60. The van der Waals surface area contributed by atoms with E-state index in [1.807, 2.05) is 13.8 Å². The molecule has 0 aromatic rings. The number of carbonyl (C=O) groups excluding carboxylic acids is 1. The summed E-state index contributed by atoms with van der Waals surface area (Å²) in [5.74, 6) is -0.220. The van der Waals surface area contributed by atoms with Gasteiger partial charge < -0.3 is 5.32 Å². The molecule has 1 heterocycles. The van der Waals surface area contributed by atoms with Crippen molar-refractivity contribution in [1.29, 1.82) is 0 Å². The molecule has 1 saturated heterocycles. The van der Waals surface area contributed by atoms with E-state index in [0.717, 1.165) is 6.42 Å². The second-order valence-electron chi connectivity index (χ2n) is 5.22. The summed E-state index contributed by atoms with van der Waals surface area (Å²) in [4.78, 5) is 11.8. The van der Waals surface area contributed by atoms with Crippen LogP contribution in [0.4, 0.5) is 13.2 Å². The largest absolute Gasteiger partial charge is 0.402 e. The van der Waals surface area contributed by atoms with Crippen molar-refractivity contribution in [2.24, 2.45) is 11.3 Å². The van der Waals surface area contributed by atoms with Gasteiger partial charge in [0.15, 0.2) is 0 Å². The minimum absolute atomic E-state index is 0.0410. The maximum absolute atomic E-state index is 13.0. The molecule has 2 nitrogen and oxygen atoms in total. The Balaban J connectivity index is 2.63. The third kappa shape index (κ3) is 3.21. The maximum atomic E-state index is 13.0. The maximum Gasteiger partial charge on any atom is 0.402 e. The number of ketones is 1. The van der Waals surface area contributed by atoms with Gasteiger partial charge in [0, 0.05) is 13.0 Å². The standard InChI is InChI=1S/C12H20F3NO/c1-9(2)4-3-5-10(17)11(12(13,14)15)6-7-16-8-11/h9,16H,3-8H2,1-2H3. The van der Waals surface area contributed by atoms with Gasteiger partial charge in [-0.1, -0.05) is 20.3 Å². The van der Waals surface area contributed by atoms with E-state index in [2.05, 4.69) is 5.32 Å². The average molecular weight is 251 g/mol. The van der Waals surface area contributed by atoms with E-state index in [0.29, 0.717) is 12.3 Å². The van der Waals surface area contributed by atoms with Crippen molar-refractivity contribution in [3.05, 3.63) is 0 Å². The van der Waals surface area contributed by atoms with Crippen LogP contribution in [0.5, 0.6) is 0 Å². The van der Waals surface area contributed by atoms with Gasteiger partial charge in [0.25, 0.3) is 0 Å². The van der Waals surface area contributed by atoms with Crippen LogP contribution < -0.4 is 5.32 Å². The number of hydrogen-bond acceptors (Lipinski definition) is 2. The molecule has 0 aromatic carbocycles. The molecule has 0 radical (unpaired) electrons. The molecule has 100 valence electrons. The summed E-state index contributed by atoms with van der Waals surface area (Å²) in [5, 5.41) is 2.66. The summed E-state index contributed by atoms with van der Waals surface area (Å²) in [6.45, 7) is 4.02. The number of nitrogens with one attached hydrogen (secondary N) is 1. The highest BCUT2D eigenvalue weighted by Crippen LogP contribution is 2.44. The van der Waals surface area contributed by atoms with Crippen molar-refractivity contribution in [2.45, 2.75) is 45.7 Å². The summed E-state index contributed by atoms with van der Waals surface area (Å²) >= 11 is 0. The number of hydrogen-bond donors (Lipinski definition) is 1. The molecule has 1 aliphatic heterocycles. The fourth-order valence-electron chi connectivity index (χ4n) is 2.24. The van der Waals surface area contributed by atoms with Crippen LogP contribution in [0.15, 0.2) is 0 Å². The van der Waals surface area contributed by atoms with Crippen LogP contribution in [-0.2, 0) is 4.79 Å². The zero-order valence-corrected chi connectivity index (χ0v) is 10.4.